The molecular formula is C14H13NO4. The van der Waals surface area contributed by atoms with E-state index in [4.69, 9.17) is 9.15 Å². The number of nitrogens with one attached hydrogen (secondary N) is 1. The Morgan fingerprint density at radius 3 is 3.00 bits per heavy atom. The zero-order valence-corrected chi connectivity index (χ0v) is 10.4. The van der Waals surface area contributed by atoms with Gasteiger partial charge >= 0.3 is 5.63 Å². The molecule has 19 heavy (non-hydrogen) atoms. The van der Waals surface area contributed by atoms with E-state index < -0.39 is 5.63 Å². The van der Waals surface area contributed by atoms with E-state index >= 15 is 0 Å². The number of hydrogen-bond acceptors (Lipinski definition) is 4. The summed E-state index contributed by atoms with van der Waals surface area (Å²) in [5.41, 5.74) is -0.151. The van der Waals surface area contributed by atoms with Gasteiger partial charge in [0.25, 0.3) is 0 Å². The molecule has 0 radical (unpaired) electrons. The Morgan fingerprint density at radius 1 is 1.53 bits per heavy atom. The van der Waals surface area contributed by atoms with E-state index in [2.05, 4.69) is 11.9 Å². The van der Waals surface area contributed by atoms with Crippen LogP contribution in [0, 0.1) is 0 Å². The number of rotatable bonds is 4. The van der Waals surface area contributed by atoms with Crippen molar-refractivity contribution < 1.29 is 13.9 Å². The number of para-hydroxylation sites is 1. The molecule has 0 spiro atoms. The van der Waals surface area contributed by atoms with Crippen LogP contribution < -0.4 is 15.7 Å². The lowest BCUT2D eigenvalue weighted by atomic mass is 10.2. The van der Waals surface area contributed by atoms with Gasteiger partial charge in [-0.15, -0.1) is 0 Å². The van der Waals surface area contributed by atoms with E-state index in [-0.39, 0.29) is 11.6 Å². The quantitative estimate of drug-likeness (QED) is 0.675. The van der Waals surface area contributed by atoms with Gasteiger partial charge in [0.2, 0.25) is 5.91 Å². The average molecular weight is 259 g/mol. The third-order valence-electron chi connectivity index (χ3n) is 2.39. The highest BCUT2D eigenvalue weighted by Gasteiger charge is 2.10. The summed E-state index contributed by atoms with van der Waals surface area (Å²) in [5, 5.41) is 3.10. The summed E-state index contributed by atoms with van der Waals surface area (Å²) in [6.07, 6.45) is 1.60. The molecule has 0 aliphatic rings. The minimum Gasteiger partial charge on any atom is -0.486 e. The van der Waals surface area contributed by atoms with Crippen LogP contribution in [0.5, 0.6) is 5.75 Å². The van der Waals surface area contributed by atoms with E-state index in [1.165, 1.54) is 6.92 Å². The first-order valence-electron chi connectivity index (χ1n) is 5.70. The van der Waals surface area contributed by atoms with Gasteiger partial charge in [-0.3, -0.25) is 4.79 Å². The summed E-state index contributed by atoms with van der Waals surface area (Å²) >= 11 is 0. The average Bonchev–Trinajstić information content (AvgIpc) is 2.37. The molecule has 0 fully saturated rings. The first kappa shape index (κ1) is 12.9. The predicted molar refractivity (Wildman–Crippen MR) is 72.5 cm³/mol. The van der Waals surface area contributed by atoms with Crippen molar-refractivity contribution in [3.8, 4) is 5.75 Å². The molecule has 0 aliphatic carbocycles. The largest absolute Gasteiger partial charge is 0.486 e. The first-order chi connectivity index (χ1) is 9.11. The fourth-order valence-corrected chi connectivity index (χ4v) is 1.66. The number of hydrogen-bond donors (Lipinski definition) is 1. The van der Waals surface area contributed by atoms with Gasteiger partial charge in [-0.1, -0.05) is 24.8 Å². The maximum atomic E-state index is 11.7. The van der Waals surface area contributed by atoms with E-state index in [0.29, 0.717) is 23.3 Å². The molecule has 0 atom stereocenters. The summed E-state index contributed by atoms with van der Waals surface area (Å²) in [4.78, 5) is 22.7. The van der Waals surface area contributed by atoms with Crippen LogP contribution >= 0.6 is 0 Å². The van der Waals surface area contributed by atoms with Crippen molar-refractivity contribution in [1.82, 2.24) is 0 Å². The molecule has 0 saturated heterocycles. The fourth-order valence-electron chi connectivity index (χ4n) is 1.66. The van der Waals surface area contributed by atoms with Crippen LogP contribution in [-0.4, -0.2) is 12.5 Å². The lowest BCUT2D eigenvalue weighted by molar-refractivity contribution is -0.114. The Hall–Kier alpha value is -2.56. The molecule has 2 aromatic rings. The minimum atomic E-state index is -0.614. The summed E-state index contributed by atoms with van der Waals surface area (Å²) in [7, 11) is 0. The second-order valence-electron chi connectivity index (χ2n) is 3.90. The summed E-state index contributed by atoms with van der Waals surface area (Å²) < 4.78 is 10.6. The smallest absolute Gasteiger partial charge is 0.360 e. The van der Waals surface area contributed by atoms with E-state index in [1.807, 2.05) is 0 Å². The standard InChI is InChI=1S/C14H13NO4/c1-3-7-18-12-6-4-5-10-8-11(15-9(2)16)14(17)19-13(10)12/h3-6,8H,1,7H2,2H3,(H,15,16). The van der Waals surface area contributed by atoms with Crippen LogP contribution in [0.25, 0.3) is 11.0 Å². The van der Waals surface area contributed by atoms with Crippen molar-refractivity contribution in [2.75, 3.05) is 11.9 Å². The molecule has 0 saturated carbocycles. The summed E-state index contributed by atoms with van der Waals surface area (Å²) in [6, 6.07) is 6.80. The van der Waals surface area contributed by atoms with Crippen molar-refractivity contribution in [2.45, 2.75) is 6.92 Å². The third kappa shape index (κ3) is 2.82. The van der Waals surface area contributed by atoms with Gasteiger partial charge in [0.1, 0.15) is 12.3 Å². The second-order valence-corrected chi connectivity index (χ2v) is 3.90. The number of carbonyl (C=O) groups excluding carboxylic acids is 1. The Morgan fingerprint density at radius 2 is 2.32 bits per heavy atom. The SMILES string of the molecule is C=CCOc1cccc2cc(NC(C)=O)c(=O)oc12. The number of amides is 1. The van der Waals surface area contributed by atoms with E-state index in [1.54, 1.807) is 30.3 Å². The van der Waals surface area contributed by atoms with Crippen molar-refractivity contribution >= 4 is 22.6 Å². The van der Waals surface area contributed by atoms with Gasteiger partial charge in [-0.25, -0.2) is 4.79 Å². The third-order valence-corrected chi connectivity index (χ3v) is 2.39. The van der Waals surface area contributed by atoms with Gasteiger partial charge in [0, 0.05) is 12.3 Å². The Bertz CT molecular complexity index is 687. The molecule has 0 unspecified atom stereocenters. The van der Waals surface area contributed by atoms with Gasteiger partial charge < -0.3 is 14.5 Å². The maximum Gasteiger partial charge on any atom is 0.360 e. The van der Waals surface area contributed by atoms with Crippen molar-refractivity contribution in [3.05, 3.63) is 47.3 Å². The van der Waals surface area contributed by atoms with Crippen LogP contribution in [0.1, 0.15) is 6.92 Å². The van der Waals surface area contributed by atoms with Crippen LogP contribution in [0.15, 0.2) is 46.1 Å². The zero-order valence-electron chi connectivity index (χ0n) is 10.4. The molecule has 1 amide bonds. The predicted octanol–water partition coefficient (Wildman–Crippen LogP) is 2.32. The van der Waals surface area contributed by atoms with Gasteiger partial charge in [0.05, 0.1) is 0 Å². The Balaban J connectivity index is 2.53. The number of ether oxygens (including phenoxy) is 1. The second kappa shape index (κ2) is 5.39. The highest BCUT2D eigenvalue weighted by atomic mass is 16.5. The Kier molecular flexibility index (Phi) is 3.66. The van der Waals surface area contributed by atoms with Gasteiger partial charge in [-0.2, -0.15) is 0 Å². The molecule has 0 aliphatic heterocycles. The number of anilines is 1. The normalized spacial score (nSPS) is 10.2. The van der Waals surface area contributed by atoms with Crippen LogP contribution in [0.3, 0.4) is 0 Å². The molecule has 1 aromatic carbocycles. The maximum absolute atomic E-state index is 11.7. The minimum absolute atomic E-state index is 0.112. The molecular weight excluding hydrogens is 246 g/mol. The van der Waals surface area contributed by atoms with Crippen LogP contribution in [0.2, 0.25) is 0 Å². The topological polar surface area (TPSA) is 68.5 Å². The highest BCUT2D eigenvalue weighted by Crippen LogP contribution is 2.25. The molecule has 98 valence electrons. The van der Waals surface area contributed by atoms with Crippen LogP contribution in [-0.2, 0) is 4.79 Å². The lowest BCUT2D eigenvalue weighted by Gasteiger charge is -2.07. The number of carbonyl (C=O) groups is 1. The van der Waals surface area contributed by atoms with Gasteiger partial charge in [0.15, 0.2) is 11.3 Å². The molecule has 5 heteroatoms. The van der Waals surface area contributed by atoms with Crippen molar-refractivity contribution in [2.24, 2.45) is 0 Å². The zero-order chi connectivity index (χ0) is 13.8. The van der Waals surface area contributed by atoms with E-state index in [0.717, 1.165) is 0 Å². The highest BCUT2D eigenvalue weighted by molar-refractivity contribution is 5.92. The van der Waals surface area contributed by atoms with Crippen molar-refractivity contribution in [1.29, 1.82) is 0 Å². The summed E-state index contributed by atoms with van der Waals surface area (Å²) in [5.74, 6) is 0.134. The molecule has 1 heterocycles. The van der Waals surface area contributed by atoms with Crippen molar-refractivity contribution in [3.63, 3.8) is 0 Å². The molecule has 1 N–H and O–H groups in total. The van der Waals surface area contributed by atoms with Crippen LogP contribution in [0.4, 0.5) is 5.69 Å². The summed E-state index contributed by atoms with van der Waals surface area (Å²) in [6.45, 7) is 5.20. The molecule has 1 aromatic heterocycles. The number of fused-ring (bicyclic) bond motifs is 1. The number of benzene rings is 1. The lowest BCUT2D eigenvalue weighted by Crippen LogP contribution is -2.14. The Labute approximate surface area is 109 Å². The van der Waals surface area contributed by atoms with E-state index in [9.17, 15) is 9.59 Å². The molecule has 5 nitrogen and oxygen atoms in total. The molecule has 0 bridgehead atoms. The molecule has 2 rings (SSSR count). The van der Waals surface area contributed by atoms with Gasteiger partial charge in [-0.05, 0) is 12.1 Å². The first-order valence-corrected chi connectivity index (χ1v) is 5.70. The monoisotopic (exact) mass is 259 g/mol. The fraction of sp³-hybridized carbons (Fsp3) is 0.143.